The summed E-state index contributed by atoms with van der Waals surface area (Å²) in [6.07, 6.45) is 0.765. The van der Waals surface area contributed by atoms with Gasteiger partial charge in [0.25, 0.3) is 0 Å². The van der Waals surface area contributed by atoms with Crippen LogP contribution >= 0.6 is 11.3 Å². The number of hydrogen-bond donors (Lipinski definition) is 1. The second-order valence-corrected chi connectivity index (χ2v) is 4.93. The highest BCUT2D eigenvalue weighted by molar-refractivity contribution is 7.13. The van der Waals surface area contributed by atoms with Crippen molar-refractivity contribution >= 4 is 22.9 Å². The molecule has 2 heterocycles. The van der Waals surface area contributed by atoms with Crippen LogP contribution in [-0.2, 0) is 17.6 Å². The number of benzene rings is 1. The summed E-state index contributed by atoms with van der Waals surface area (Å²) >= 11 is 1.52. The number of fused-ring (bicyclic) bond motifs is 1. The van der Waals surface area contributed by atoms with Gasteiger partial charge in [-0.05, 0) is 23.8 Å². The number of amides is 1. The van der Waals surface area contributed by atoms with Gasteiger partial charge in [0.2, 0.25) is 5.91 Å². The molecule has 0 aliphatic carbocycles. The number of carbonyl (C=O) groups is 1. The number of hydrogen-bond acceptors (Lipinski definition) is 4. The van der Waals surface area contributed by atoms with Gasteiger partial charge in [-0.2, -0.15) is 5.26 Å². The Balaban J connectivity index is 1.95. The molecule has 2 aromatic rings. The number of nitriles is 1. The average Bonchev–Trinajstić information content (AvgIpc) is 2.93. The van der Waals surface area contributed by atoms with Crippen molar-refractivity contribution in [3.05, 3.63) is 34.8 Å². The molecule has 0 fully saturated rings. The van der Waals surface area contributed by atoms with Crippen molar-refractivity contribution in [3.8, 4) is 16.6 Å². The zero-order chi connectivity index (χ0) is 12.5. The van der Waals surface area contributed by atoms with Crippen LogP contribution in [-0.4, -0.2) is 10.9 Å². The molecule has 0 atom stereocenters. The topological polar surface area (TPSA) is 65.8 Å². The van der Waals surface area contributed by atoms with Crippen LogP contribution < -0.4 is 5.32 Å². The van der Waals surface area contributed by atoms with Gasteiger partial charge in [-0.25, -0.2) is 4.98 Å². The van der Waals surface area contributed by atoms with E-state index in [1.807, 2.05) is 23.6 Å². The summed E-state index contributed by atoms with van der Waals surface area (Å²) in [6, 6.07) is 7.92. The summed E-state index contributed by atoms with van der Waals surface area (Å²) < 4.78 is 0. The Kier molecular flexibility index (Phi) is 2.58. The summed E-state index contributed by atoms with van der Waals surface area (Å²) in [6.45, 7) is 0. The zero-order valence-electron chi connectivity index (χ0n) is 9.43. The molecule has 1 N–H and O–H groups in total. The molecule has 88 valence electrons. The van der Waals surface area contributed by atoms with E-state index < -0.39 is 0 Å². The summed E-state index contributed by atoms with van der Waals surface area (Å²) in [7, 11) is 0. The fourth-order valence-corrected chi connectivity index (χ4v) is 2.78. The first-order valence-corrected chi connectivity index (χ1v) is 6.39. The lowest BCUT2D eigenvalue weighted by Gasteiger charge is -2.00. The monoisotopic (exact) mass is 255 g/mol. The van der Waals surface area contributed by atoms with E-state index in [1.54, 1.807) is 0 Å². The molecule has 0 unspecified atom stereocenters. The predicted octanol–water partition coefficient (Wildman–Crippen LogP) is 2.37. The fourth-order valence-electron chi connectivity index (χ4n) is 1.96. The molecule has 1 aliphatic rings. The van der Waals surface area contributed by atoms with Crippen LogP contribution in [0, 0.1) is 11.3 Å². The van der Waals surface area contributed by atoms with E-state index in [1.165, 1.54) is 11.3 Å². The van der Waals surface area contributed by atoms with Gasteiger partial charge in [0.05, 0.1) is 24.6 Å². The normalized spacial score (nSPS) is 12.9. The first-order valence-electron chi connectivity index (χ1n) is 5.51. The largest absolute Gasteiger partial charge is 0.326 e. The van der Waals surface area contributed by atoms with Crippen LogP contribution in [0.2, 0.25) is 0 Å². The van der Waals surface area contributed by atoms with Crippen molar-refractivity contribution in [1.82, 2.24) is 4.98 Å². The molecule has 3 rings (SSSR count). The first kappa shape index (κ1) is 10.9. The minimum Gasteiger partial charge on any atom is -0.326 e. The van der Waals surface area contributed by atoms with Crippen LogP contribution in [0.15, 0.2) is 23.6 Å². The van der Waals surface area contributed by atoms with Gasteiger partial charge in [0, 0.05) is 16.6 Å². The Morgan fingerprint density at radius 1 is 1.50 bits per heavy atom. The van der Waals surface area contributed by atoms with E-state index in [0.29, 0.717) is 12.8 Å². The second kappa shape index (κ2) is 4.24. The maximum absolute atomic E-state index is 11.3. The molecule has 0 saturated carbocycles. The van der Waals surface area contributed by atoms with Crippen LogP contribution in [0.1, 0.15) is 11.3 Å². The summed E-state index contributed by atoms with van der Waals surface area (Å²) in [5, 5.41) is 14.2. The van der Waals surface area contributed by atoms with Crippen molar-refractivity contribution in [2.75, 3.05) is 5.32 Å². The number of rotatable bonds is 2. The molecule has 0 radical (unpaired) electrons. The Morgan fingerprint density at radius 2 is 2.39 bits per heavy atom. The lowest BCUT2D eigenvalue weighted by atomic mass is 10.1. The Labute approximate surface area is 108 Å². The Hall–Kier alpha value is -2.19. The molecule has 1 aliphatic heterocycles. The molecule has 4 nitrogen and oxygen atoms in total. The number of thiazole rings is 1. The molecule has 1 aromatic heterocycles. The minimum absolute atomic E-state index is 0.0338. The standard InChI is InChI=1S/C13H9N3OS/c14-4-3-10-7-18-13(15-10)8-1-2-11-9(5-8)6-12(17)16-11/h1-2,5,7H,3,6H2,(H,16,17). The minimum atomic E-state index is 0.0338. The highest BCUT2D eigenvalue weighted by Gasteiger charge is 2.18. The van der Waals surface area contributed by atoms with Gasteiger partial charge in [-0.3, -0.25) is 4.79 Å². The maximum atomic E-state index is 11.3. The van der Waals surface area contributed by atoms with Crippen LogP contribution in [0.3, 0.4) is 0 Å². The van der Waals surface area contributed by atoms with Gasteiger partial charge in [0.15, 0.2) is 0 Å². The molecule has 0 bridgehead atoms. The SMILES string of the molecule is N#CCc1csc(-c2ccc3c(c2)CC(=O)N3)n1. The molecule has 0 saturated heterocycles. The maximum Gasteiger partial charge on any atom is 0.228 e. The molecule has 5 heteroatoms. The van der Waals surface area contributed by atoms with E-state index in [-0.39, 0.29) is 5.91 Å². The molecular formula is C13H9N3OS. The Morgan fingerprint density at radius 3 is 3.22 bits per heavy atom. The number of aromatic nitrogens is 1. The van der Waals surface area contributed by atoms with Gasteiger partial charge in [-0.15, -0.1) is 11.3 Å². The summed E-state index contributed by atoms with van der Waals surface area (Å²) in [4.78, 5) is 15.7. The molecule has 1 aromatic carbocycles. The summed E-state index contributed by atoms with van der Waals surface area (Å²) in [5.41, 5.74) is 3.69. The van der Waals surface area contributed by atoms with Gasteiger partial charge < -0.3 is 5.32 Å². The lowest BCUT2D eigenvalue weighted by Crippen LogP contribution is -2.03. The van der Waals surface area contributed by atoms with Crippen molar-refractivity contribution in [2.24, 2.45) is 0 Å². The first-order chi connectivity index (χ1) is 8.76. The Bertz CT molecular complexity index is 669. The average molecular weight is 255 g/mol. The second-order valence-electron chi connectivity index (χ2n) is 4.08. The molecule has 0 spiro atoms. The third-order valence-corrected chi connectivity index (χ3v) is 3.73. The van der Waals surface area contributed by atoms with Gasteiger partial charge in [-0.1, -0.05) is 0 Å². The van der Waals surface area contributed by atoms with Crippen molar-refractivity contribution in [1.29, 1.82) is 5.26 Å². The highest BCUT2D eigenvalue weighted by Crippen LogP contribution is 2.30. The highest BCUT2D eigenvalue weighted by atomic mass is 32.1. The predicted molar refractivity (Wildman–Crippen MR) is 69.2 cm³/mol. The van der Waals surface area contributed by atoms with E-state index in [4.69, 9.17) is 5.26 Å². The molecular weight excluding hydrogens is 246 g/mol. The molecule has 18 heavy (non-hydrogen) atoms. The lowest BCUT2D eigenvalue weighted by molar-refractivity contribution is -0.115. The van der Waals surface area contributed by atoms with Crippen LogP contribution in [0.5, 0.6) is 0 Å². The molecule has 1 amide bonds. The van der Waals surface area contributed by atoms with Crippen molar-refractivity contribution in [3.63, 3.8) is 0 Å². The number of nitrogens with one attached hydrogen (secondary N) is 1. The van der Waals surface area contributed by atoms with E-state index >= 15 is 0 Å². The van der Waals surface area contributed by atoms with E-state index in [9.17, 15) is 4.79 Å². The smallest absolute Gasteiger partial charge is 0.228 e. The van der Waals surface area contributed by atoms with Gasteiger partial charge >= 0.3 is 0 Å². The number of nitrogens with zero attached hydrogens (tertiary/aromatic N) is 2. The number of carbonyl (C=O) groups excluding carboxylic acids is 1. The van der Waals surface area contributed by atoms with Crippen LogP contribution in [0.4, 0.5) is 5.69 Å². The van der Waals surface area contributed by atoms with Crippen molar-refractivity contribution in [2.45, 2.75) is 12.8 Å². The van der Waals surface area contributed by atoms with Crippen molar-refractivity contribution < 1.29 is 4.79 Å². The third-order valence-electron chi connectivity index (χ3n) is 2.79. The van der Waals surface area contributed by atoms with E-state index in [2.05, 4.69) is 16.4 Å². The zero-order valence-corrected chi connectivity index (χ0v) is 10.3. The summed E-state index contributed by atoms with van der Waals surface area (Å²) in [5.74, 6) is 0.0338. The fraction of sp³-hybridized carbons (Fsp3) is 0.154. The quantitative estimate of drug-likeness (QED) is 0.895. The van der Waals surface area contributed by atoms with Crippen LogP contribution in [0.25, 0.3) is 10.6 Å². The number of anilines is 1. The van der Waals surface area contributed by atoms with E-state index in [0.717, 1.165) is 27.5 Å². The van der Waals surface area contributed by atoms with Gasteiger partial charge in [0.1, 0.15) is 5.01 Å². The third kappa shape index (κ3) is 1.87.